The number of hydrogen-bond acceptors (Lipinski definition) is 5. The molecule has 0 atom stereocenters. The summed E-state index contributed by atoms with van der Waals surface area (Å²) < 4.78 is 9.64. The fraction of sp³-hybridized carbons (Fsp3) is 0.625. The van der Waals surface area contributed by atoms with Crippen molar-refractivity contribution in [3.05, 3.63) is 42.8 Å². The van der Waals surface area contributed by atoms with Crippen molar-refractivity contribution < 1.29 is 102 Å². The van der Waals surface area contributed by atoms with Gasteiger partial charge in [-0.3, -0.25) is 23.3 Å². The number of nitrogens with zero attached hydrogens (tertiary/aromatic N) is 2. The fourth-order valence-corrected chi connectivity index (χ4v) is 3.39. The number of carbonyl (C=O) groups is 2. The molecule has 1 amide bonds. The molecular weight excluding hydrogens is 662 g/mol. The Morgan fingerprint density at radius 3 is 2.06 bits per heavy atom. The summed E-state index contributed by atoms with van der Waals surface area (Å²) in [6, 6.07) is 10.7. The number of ether oxygens (including phenoxy) is 2. The van der Waals surface area contributed by atoms with Gasteiger partial charge in [0.05, 0.1) is 0 Å². The molecule has 1 aromatic rings. The summed E-state index contributed by atoms with van der Waals surface area (Å²) >= 11 is 0. The van der Waals surface area contributed by atoms with Crippen LogP contribution < -0.4 is 0 Å². The maximum absolute atomic E-state index is 12.0. The van der Waals surface area contributed by atoms with Crippen molar-refractivity contribution in [1.29, 1.82) is 0 Å². The predicted molar refractivity (Wildman–Crippen MR) is 118 cm³/mol. The maximum Gasteiger partial charge on any atom is 0.410 e. The third-order valence-electron chi connectivity index (χ3n) is 5.04. The molecule has 0 saturated carbocycles. The van der Waals surface area contributed by atoms with Crippen LogP contribution in [0.2, 0.25) is 0 Å². The van der Waals surface area contributed by atoms with Crippen molar-refractivity contribution in [2.45, 2.75) is 51.7 Å². The van der Waals surface area contributed by atoms with Gasteiger partial charge in [0.2, 0.25) is 0 Å². The Kier molecular flexibility index (Phi) is 18.9. The SMILES string of the molecule is CC(C)(C)OC(=O)N1CC(c2c[c-]c(CN3CCC(C=O)CC3)[c-]c2)C1.COC.[CH3-].[Pr].[Pr]. The number of hydrogen-bond donors (Lipinski definition) is 0. The minimum Gasteiger partial charge on any atom is -0.444 e. The van der Waals surface area contributed by atoms with Gasteiger partial charge < -0.3 is 43.6 Å². The van der Waals surface area contributed by atoms with Crippen molar-refractivity contribution in [1.82, 2.24) is 9.80 Å². The molecule has 1 aromatic carbocycles. The number of carbonyl (C=O) groups excluding carboxylic acids is 2. The molecule has 0 aromatic heterocycles. The molecule has 176 valence electrons. The van der Waals surface area contributed by atoms with Crippen LogP contribution >= 0.6 is 0 Å². The van der Waals surface area contributed by atoms with Crippen LogP contribution in [0.4, 0.5) is 4.79 Å². The molecule has 0 N–H and O–H groups in total. The van der Waals surface area contributed by atoms with Gasteiger partial charge >= 0.3 is 6.09 Å². The van der Waals surface area contributed by atoms with Crippen LogP contribution in [0.1, 0.15) is 50.7 Å². The minimum atomic E-state index is -0.453. The predicted octanol–water partition coefficient (Wildman–Crippen LogP) is 3.75. The Hall–Kier alpha value is 0.807. The summed E-state index contributed by atoms with van der Waals surface area (Å²) in [6.07, 6.45) is 2.75. The summed E-state index contributed by atoms with van der Waals surface area (Å²) in [5.41, 5.74) is 1.78. The number of rotatable bonds is 4. The van der Waals surface area contributed by atoms with Gasteiger partial charge in [-0.25, -0.2) is 4.79 Å². The Labute approximate surface area is 261 Å². The van der Waals surface area contributed by atoms with Gasteiger partial charge in [-0.1, -0.05) is 5.92 Å². The van der Waals surface area contributed by atoms with Gasteiger partial charge in [-0.15, -0.1) is 0 Å². The van der Waals surface area contributed by atoms with E-state index in [2.05, 4.69) is 21.8 Å². The van der Waals surface area contributed by atoms with E-state index in [1.807, 2.05) is 32.9 Å². The number of amides is 1. The largest absolute Gasteiger partial charge is 0.444 e. The van der Waals surface area contributed by atoms with E-state index in [0.717, 1.165) is 44.3 Å². The zero-order valence-corrected chi connectivity index (χ0v) is 27.9. The Bertz CT molecular complexity index is 651. The topological polar surface area (TPSA) is 59.1 Å². The Morgan fingerprint density at radius 2 is 1.62 bits per heavy atom. The van der Waals surface area contributed by atoms with E-state index in [-0.39, 0.29) is 102 Å². The van der Waals surface area contributed by atoms with E-state index in [1.165, 1.54) is 5.56 Å². The zero-order valence-electron chi connectivity index (χ0n) is 20.5. The van der Waals surface area contributed by atoms with Crippen LogP contribution in [-0.4, -0.2) is 68.2 Å². The van der Waals surface area contributed by atoms with Crippen molar-refractivity contribution in [2.75, 3.05) is 40.4 Å². The molecular formula is C24H37N2O4Pr2-3. The molecule has 2 saturated heterocycles. The monoisotopic (exact) mass is 699 g/mol. The molecule has 8 heteroatoms. The van der Waals surface area contributed by atoms with Gasteiger partial charge in [0.1, 0.15) is 11.9 Å². The van der Waals surface area contributed by atoms with Crippen LogP contribution in [-0.2, 0) is 20.8 Å². The van der Waals surface area contributed by atoms with Gasteiger partial charge in [0.15, 0.2) is 0 Å². The summed E-state index contributed by atoms with van der Waals surface area (Å²) in [7, 11) is 3.25. The fourth-order valence-electron chi connectivity index (χ4n) is 3.39. The van der Waals surface area contributed by atoms with Gasteiger partial charge in [-0.05, 0) is 53.2 Å². The molecule has 32 heavy (non-hydrogen) atoms. The minimum absolute atomic E-state index is 0. The second kappa shape index (κ2) is 17.3. The molecule has 3 rings (SSSR count). The normalized spacial score (nSPS) is 16.7. The van der Waals surface area contributed by atoms with Gasteiger partial charge in [0.25, 0.3) is 0 Å². The molecule has 0 aliphatic carbocycles. The average molecular weight is 699 g/mol. The number of likely N-dealkylation sites (tertiary alicyclic amines) is 2. The van der Waals surface area contributed by atoms with Crippen LogP contribution in [0.25, 0.3) is 0 Å². The number of benzene rings is 1. The molecule has 0 unspecified atom stereocenters. The first-order valence-electron chi connectivity index (χ1n) is 10.2. The molecule has 2 heterocycles. The van der Waals surface area contributed by atoms with E-state index >= 15 is 0 Å². The van der Waals surface area contributed by atoms with E-state index < -0.39 is 5.60 Å². The van der Waals surface area contributed by atoms with Crippen LogP contribution in [0.15, 0.2) is 12.1 Å². The number of aldehydes is 1. The smallest absolute Gasteiger partial charge is 0.410 e. The molecule has 2 aliphatic rings. The summed E-state index contributed by atoms with van der Waals surface area (Å²) in [4.78, 5) is 26.9. The molecule has 2 aliphatic heterocycles. The molecule has 0 bridgehead atoms. The second-order valence-corrected chi connectivity index (χ2v) is 8.80. The molecule has 6 nitrogen and oxygen atoms in total. The molecule has 0 spiro atoms. The molecule has 2 radical (unpaired) electrons. The second-order valence-electron chi connectivity index (χ2n) is 8.80. The van der Waals surface area contributed by atoms with Crippen molar-refractivity contribution >= 4 is 12.4 Å². The first kappa shape index (κ1) is 35.0. The zero-order chi connectivity index (χ0) is 21.4. The van der Waals surface area contributed by atoms with Crippen LogP contribution in [0.3, 0.4) is 0 Å². The number of piperidine rings is 1. The third-order valence-corrected chi connectivity index (χ3v) is 5.04. The van der Waals surface area contributed by atoms with Gasteiger partial charge in [-0.2, -0.15) is 0 Å². The first-order chi connectivity index (χ1) is 13.8. The number of methoxy groups -OCH3 is 1. The van der Waals surface area contributed by atoms with E-state index in [4.69, 9.17) is 4.74 Å². The summed E-state index contributed by atoms with van der Waals surface area (Å²) in [6.45, 7) is 9.77. The van der Waals surface area contributed by atoms with Crippen LogP contribution in [0.5, 0.6) is 0 Å². The third kappa shape index (κ3) is 12.0. The standard InChI is InChI=1S/C21H28N2O3.C2H6O.CH3.2Pr/c1-21(2,3)26-20(25)23-13-19(14-23)18-6-4-16(5-7-18)12-22-10-8-17(15-24)9-11-22;1-3-2;;;/h6-7,15,17,19H,8-14H2,1-3H3;1-2H3;1H3;;/q-2;;-1;;. The van der Waals surface area contributed by atoms with Crippen molar-refractivity contribution in [2.24, 2.45) is 5.92 Å². The quantitative estimate of drug-likeness (QED) is 0.355. The first-order valence-corrected chi connectivity index (χ1v) is 10.2. The van der Waals surface area contributed by atoms with Crippen LogP contribution in [0, 0.1) is 108 Å². The maximum atomic E-state index is 12.0. The summed E-state index contributed by atoms with van der Waals surface area (Å²) in [5.74, 6) is 0.570. The van der Waals surface area contributed by atoms with E-state index in [0.29, 0.717) is 19.0 Å². The molecule has 2 fully saturated rings. The van der Waals surface area contributed by atoms with E-state index in [1.54, 1.807) is 19.1 Å². The Balaban J connectivity index is 0. The van der Waals surface area contributed by atoms with Crippen molar-refractivity contribution in [3.8, 4) is 0 Å². The summed E-state index contributed by atoms with van der Waals surface area (Å²) in [5, 5.41) is 0. The van der Waals surface area contributed by atoms with Crippen molar-refractivity contribution in [3.63, 3.8) is 0 Å². The van der Waals surface area contributed by atoms with E-state index in [9.17, 15) is 9.59 Å². The van der Waals surface area contributed by atoms with Gasteiger partial charge in [0, 0.05) is 116 Å². The average Bonchev–Trinajstić information content (AvgIpc) is 2.62. The Morgan fingerprint density at radius 1 is 1.12 bits per heavy atom.